The van der Waals surface area contributed by atoms with E-state index in [-0.39, 0.29) is 12.7 Å². The van der Waals surface area contributed by atoms with Gasteiger partial charge in [-0.1, -0.05) is 12.2 Å². The molecule has 0 saturated heterocycles. The van der Waals surface area contributed by atoms with Crippen molar-refractivity contribution in [3.8, 4) is 0 Å². The lowest BCUT2D eigenvalue weighted by molar-refractivity contribution is 0.0591. The summed E-state index contributed by atoms with van der Waals surface area (Å²) in [5, 5.41) is 19.1. The summed E-state index contributed by atoms with van der Waals surface area (Å²) in [6, 6.07) is 0. The molecule has 0 heterocycles. The average Bonchev–Trinajstić information content (AvgIpc) is 2.70. The Morgan fingerprint density at radius 1 is 1.31 bits per heavy atom. The highest BCUT2D eigenvalue weighted by molar-refractivity contribution is 5.16. The van der Waals surface area contributed by atoms with Crippen molar-refractivity contribution < 1.29 is 10.2 Å². The van der Waals surface area contributed by atoms with E-state index in [2.05, 4.69) is 12.2 Å². The van der Waals surface area contributed by atoms with E-state index in [1.165, 1.54) is 0 Å². The lowest BCUT2D eigenvalue weighted by atomic mass is 9.80. The Morgan fingerprint density at radius 2 is 2.15 bits per heavy atom. The third kappa shape index (κ3) is 0.856. The lowest BCUT2D eigenvalue weighted by Crippen LogP contribution is -2.28. The zero-order valence-electron chi connectivity index (χ0n) is 7.63. The van der Waals surface area contributed by atoms with Gasteiger partial charge >= 0.3 is 0 Å². The van der Waals surface area contributed by atoms with Gasteiger partial charge in [-0.25, -0.2) is 0 Å². The van der Waals surface area contributed by atoms with E-state index in [0.29, 0.717) is 29.6 Å². The van der Waals surface area contributed by atoms with E-state index in [1.54, 1.807) is 0 Å². The van der Waals surface area contributed by atoms with Gasteiger partial charge in [-0.3, -0.25) is 0 Å². The number of hydrogen-bond acceptors (Lipinski definition) is 2. The second-order valence-corrected chi connectivity index (χ2v) is 4.80. The minimum absolute atomic E-state index is 0.136. The van der Waals surface area contributed by atoms with Crippen LogP contribution in [0.3, 0.4) is 0 Å². The van der Waals surface area contributed by atoms with Crippen molar-refractivity contribution in [2.24, 2.45) is 29.6 Å². The van der Waals surface area contributed by atoms with Crippen LogP contribution in [0.25, 0.3) is 0 Å². The van der Waals surface area contributed by atoms with Gasteiger partial charge in [0, 0.05) is 6.61 Å². The predicted molar refractivity (Wildman–Crippen MR) is 48.9 cm³/mol. The number of aliphatic hydroxyl groups is 2. The molecule has 0 aromatic rings. The van der Waals surface area contributed by atoms with Crippen molar-refractivity contribution in [1.82, 2.24) is 0 Å². The lowest BCUT2D eigenvalue weighted by Gasteiger charge is -2.27. The Labute approximate surface area is 78.3 Å². The van der Waals surface area contributed by atoms with Gasteiger partial charge in [0.15, 0.2) is 0 Å². The molecule has 72 valence electrons. The molecule has 3 aliphatic rings. The van der Waals surface area contributed by atoms with Gasteiger partial charge in [0.2, 0.25) is 0 Å². The topological polar surface area (TPSA) is 40.5 Å². The molecule has 0 aliphatic heterocycles. The molecule has 2 heteroatoms. The maximum absolute atomic E-state index is 9.83. The van der Waals surface area contributed by atoms with Crippen LogP contribution in [0.1, 0.15) is 12.8 Å². The van der Waals surface area contributed by atoms with Crippen LogP contribution in [0.5, 0.6) is 0 Å². The van der Waals surface area contributed by atoms with Gasteiger partial charge < -0.3 is 10.2 Å². The zero-order valence-corrected chi connectivity index (χ0v) is 7.63. The highest BCUT2D eigenvalue weighted by Gasteiger charge is 2.57. The maximum Gasteiger partial charge on any atom is 0.0578 e. The van der Waals surface area contributed by atoms with E-state index < -0.39 is 0 Å². The van der Waals surface area contributed by atoms with Gasteiger partial charge in [0.1, 0.15) is 0 Å². The van der Waals surface area contributed by atoms with Gasteiger partial charge in [-0.05, 0) is 42.4 Å². The molecule has 6 unspecified atom stereocenters. The smallest absolute Gasteiger partial charge is 0.0578 e. The molecule has 2 N–H and O–H groups in total. The quantitative estimate of drug-likeness (QED) is 0.586. The van der Waals surface area contributed by atoms with Crippen molar-refractivity contribution in [2.75, 3.05) is 6.61 Å². The molecule has 2 saturated carbocycles. The van der Waals surface area contributed by atoms with E-state index in [1.807, 2.05) is 0 Å². The standard InChI is InChI=1S/C11H16O2/c12-5-9-8-4-10(13)11(9)7-3-1-2-6(7)8/h1-2,6-13H,3-5H2. The minimum atomic E-state index is -0.136. The fourth-order valence-electron chi connectivity index (χ4n) is 4.05. The SMILES string of the molecule is OCC1C2CC(O)C1C1CC=CC21. The normalized spacial score (nSPS) is 57.4. The first-order valence-corrected chi connectivity index (χ1v) is 5.28. The molecule has 2 bridgehead atoms. The molecular weight excluding hydrogens is 164 g/mol. The first kappa shape index (κ1) is 8.01. The molecule has 0 radical (unpaired) electrons. The summed E-state index contributed by atoms with van der Waals surface area (Å²) in [4.78, 5) is 0. The van der Waals surface area contributed by atoms with E-state index in [0.717, 1.165) is 12.8 Å². The maximum atomic E-state index is 9.83. The number of allylic oxidation sites excluding steroid dienone is 2. The van der Waals surface area contributed by atoms with Gasteiger partial charge in [0.05, 0.1) is 6.10 Å². The third-order valence-electron chi connectivity index (χ3n) is 4.46. The van der Waals surface area contributed by atoms with Crippen LogP contribution < -0.4 is 0 Å². The van der Waals surface area contributed by atoms with Crippen LogP contribution in [0, 0.1) is 29.6 Å². The zero-order chi connectivity index (χ0) is 9.00. The molecular formula is C11H16O2. The summed E-state index contributed by atoms with van der Waals surface area (Å²) in [6.45, 7) is 0.271. The Morgan fingerprint density at radius 3 is 2.92 bits per heavy atom. The molecule has 0 spiro atoms. The number of hydrogen-bond donors (Lipinski definition) is 2. The summed E-state index contributed by atoms with van der Waals surface area (Å²) >= 11 is 0. The van der Waals surface area contributed by atoms with Crippen LogP contribution in [0.2, 0.25) is 0 Å². The number of rotatable bonds is 1. The van der Waals surface area contributed by atoms with Crippen LogP contribution in [0.15, 0.2) is 12.2 Å². The van der Waals surface area contributed by atoms with Crippen molar-refractivity contribution in [3.05, 3.63) is 12.2 Å². The molecule has 6 atom stereocenters. The third-order valence-corrected chi connectivity index (χ3v) is 4.46. The van der Waals surface area contributed by atoms with Crippen molar-refractivity contribution >= 4 is 0 Å². The monoisotopic (exact) mass is 180 g/mol. The van der Waals surface area contributed by atoms with Crippen molar-refractivity contribution in [1.29, 1.82) is 0 Å². The molecule has 3 aliphatic carbocycles. The Bertz CT molecular complexity index is 248. The first-order valence-electron chi connectivity index (χ1n) is 5.28. The van der Waals surface area contributed by atoms with Crippen LogP contribution in [0.4, 0.5) is 0 Å². The fraction of sp³-hybridized carbons (Fsp3) is 0.818. The van der Waals surface area contributed by atoms with E-state index in [9.17, 15) is 10.2 Å². The van der Waals surface area contributed by atoms with Crippen LogP contribution >= 0.6 is 0 Å². The summed E-state index contributed by atoms with van der Waals surface area (Å²) in [7, 11) is 0. The summed E-state index contributed by atoms with van der Waals surface area (Å²) in [5.41, 5.74) is 0. The number of aliphatic hydroxyl groups excluding tert-OH is 2. The average molecular weight is 180 g/mol. The first-order chi connectivity index (χ1) is 6.33. The second-order valence-electron chi connectivity index (χ2n) is 4.80. The highest BCUT2D eigenvalue weighted by atomic mass is 16.3. The van der Waals surface area contributed by atoms with Gasteiger partial charge in [0.25, 0.3) is 0 Å². The summed E-state index contributed by atoms with van der Waals surface area (Å²) < 4.78 is 0. The molecule has 13 heavy (non-hydrogen) atoms. The Kier molecular flexibility index (Phi) is 1.59. The fourth-order valence-corrected chi connectivity index (χ4v) is 4.05. The van der Waals surface area contributed by atoms with E-state index in [4.69, 9.17) is 0 Å². The van der Waals surface area contributed by atoms with Crippen LogP contribution in [-0.2, 0) is 0 Å². The van der Waals surface area contributed by atoms with Crippen molar-refractivity contribution in [2.45, 2.75) is 18.9 Å². The molecule has 0 aromatic carbocycles. The van der Waals surface area contributed by atoms with Crippen molar-refractivity contribution in [3.63, 3.8) is 0 Å². The minimum Gasteiger partial charge on any atom is -0.396 e. The Hall–Kier alpha value is -0.340. The Balaban J connectivity index is 1.94. The molecule has 2 nitrogen and oxygen atoms in total. The molecule has 0 amide bonds. The molecule has 0 aromatic heterocycles. The largest absolute Gasteiger partial charge is 0.396 e. The number of fused-ring (bicyclic) bond motifs is 5. The van der Waals surface area contributed by atoms with Crippen LogP contribution in [-0.4, -0.2) is 22.9 Å². The highest BCUT2D eigenvalue weighted by Crippen LogP contribution is 2.59. The van der Waals surface area contributed by atoms with Gasteiger partial charge in [-0.15, -0.1) is 0 Å². The predicted octanol–water partition coefficient (Wildman–Crippen LogP) is 0.798. The van der Waals surface area contributed by atoms with Gasteiger partial charge in [-0.2, -0.15) is 0 Å². The van der Waals surface area contributed by atoms with E-state index >= 15 is 0 Å². The molecule has 3 rings (SSSR count). The molecule has 2 fully saturated rings. The summed E-state index contributed by atoms with van der Waals surface area (Å²) in [6.07, 6.45) is 6.47. The second kappa shape index (κ2) is 2.58. The summed E-state index contributed by atoms with van der Waals surface area (Å²) in [5.74, 6) is 2.65.